The van der Waals surface area contributed by atoms with Gasteiger partial charge < -0.3 is 10.0 Å². The number of benzene rings is 1. The van der Waals surface area contributed by atoms with Crippen LogP contribution >= 0.6 is 0 Å². The Morgan fingerprint density at radius 1 is 1.35 bits per heavy atom. The molecule has 1 fully saturated rings. The maximum absolute atomic E-state index is 13.5. The van der Waals surface area contributed by atoms with E-state index >= 15 is 0 Å². The molecule has 7 heteroatoms. The summed E-state index contributed by atoms with van der Waals surface area (Å²) in [5.74, 6) is -2.23. The molecule has 0 unspecified atom stereocenters. The van der Waals surface area contributed by atoms with Gasteiger partial charge in [-0.1, -0.05) is 6.58 Å². The minimum atomic E-state index is -1.03. The fourth-order valence-electron chi connectivity index (χ4n) is 3.26. The van der Waals surface area contributed by atoms with Gasteiger partial charge in [-0.15, -0.1) is 0 Å². The first kappa shape index (κ1) is 17.8. The predicted molar refractivity (Wildman–Crippen MR) is 93.4 cm³/mol. The van der Waals surface area contributed by atoms with Crippen LogP contribution in [0, 0.1) is 18.6 Å². The van der Waals surface area contributed by atoms with Gasteiger partial charge in [-0.2, -0.15) is 5.10 Å². The quantitative estimate of drug-likeness (QED) is 0.820. The van der Waals surface area contributed by atoms with Crippen LogP contribution in [0.1, 0.15) is 40.5 Å². The van der Waals surface area contributed by atoms with Crippen molar-refractivity contribution in [3.8, 4) is 0 Å². The van der Waals surface area contributed by atoms with Crippen LogP contribution in [0.4, 0.5) is 8.78 Å². The molecular formula is C19H19F2N3O2. The van der Waals surface area contributed by atoms with Crippen molar-refractivity contribution in [1.29, 1.82) is 0 Å². The summed E-state index contributed by atoms with van der Waals surface area (Å²) in [6, 6.07) is 3.41. The molecule has 1 saturated heterocycles. The number of aromatic nitrogens is 2. The van der Waals surface area contributed by atoms with Crippen molar-refractivity contribution in [3.05, 3.63) is 71.2 Å². The average Bonchev–Trinajstić information content (AvgIpc) is 3.18. The molecule has 26 heavy (non-hydrogen) atoms. The van der Waals surface area contributed by atoms with Crippen LogP contribution in [-0.4, -0.2) is 32.3 Å². The molecule has 0 saturated carbocycles. The summed E-state index contributed by atoms with van der Waals surface area (Å²) in [6.45, 7) is 6.43. The molecule has 136 valence electrons. The predicted octanol–water partition coefficient (Wildman–Crippen LogP) is 3.99. The Bertz CT molecular complexity index is 869. The second-order valence-electron chi connectivity index (χ2n) is 6.25. The topological polar surface area (TPSA) is 58.4 Å². The summed E-state index contributed by atoms with van der Waals surface area (Å²) >= 11 is 0. The van der Waals surface area contributed by atoms with Crippen molar-refractivity contribution in [2.24, 2.45) is 0 Å². The van der Waals surface area contributed by atoms with E-state index in [9.17, 15) is 13.6 Å². The number of carboxylic acids is 1. The second kappa shape index (κ2) is 7.11. The first-order chi connectivity index (χ1) is 12.4. The number of aromatic carboxylic acids is 1. The zero-order valence-electron chi connectivity index (χ0n) is 14.3. The second-order valence-corrected chi connectivity index (χ2v) is 6.25. The zero-order valence-corrected chi connectivity index (χ0v) is 14.3. The van der Waals surface area contributed by atoms with Crippen molar-refractivity contribution < 1.29 is 18.7 Å². The number of hydrogen-bond acceptors (Lipinski definition) is 3. The molecule has 2 aromatic rings. The molecular weight excluding hydrogens is 340 g/mol. The smallest absolute Gasteiger partial charge is 0.339 e. The zero-order chi connectivity index (χ0) is 18.8. The lowest BCUT2D eigenvalue weighted by Crippen LogP contribution is -2.21. The number of likely N-dealkylation sites (tertiary alicyclic amines) is 1. The van der Waals surface area contributed by atoms with Gasteiger partial charge in [-0.25, -0.2) is 18.3 Å². The van der Waals surface area contributed by atoms with E-state index < -0.39 is 17.6 Å². The maximum Gasteiger partial charge on any atom is 0.339 e. The average molecular weight is 359 g/mol. The molecule has 0 amide bonds. The SMILES string of the molecule is C=C(/C=C\n1ncc(C(=O)O)c1C)N1CCC[C@@H]1c1cc(F)cc(F)c1. The number of hydrogen-bond donors (Lipinski definition) is 1. The third kappa shape index (κ3) is 3.51. The lowest BCUT2D eigenvalue weighted by Gasteiger charge is -2.27. The Kier molecular flexibility index (Phi) is 4.88. The van der Waals surface area contributed by atoms with E-state index in [0.717, 1.165) is 25.5 Å². The number of carbonyl (C=O) groups is 1. The van der Waals surface area contributed by atoms with Crippen LogP contribution in [0.3, 0.4) is 0 Å². The Labute approximate surface area is 149 Å². The summed E-state index contributed by atoms with van der Waals surface area (Å²) < 4.78 is 28.5. The molecule has 1 atom stereocenters. The Hall–Kier alpha value is -2.96. The molecule has 5 nitrogen and oxygen atoms in total. The highest BCUT2D eigenvalue weighted by Gasteiger charge is 2.27. The lowest BCUT2D eigenvalue weighted by molar-refractivity contribution is 0.0696. The van der Waals surface area contributed by atoms with Crippen molar-refractivity contribution in [2.75, 3.05) is 6.54 Å². The van der Waals surface area contributed by atoms with E-state index in [1.54, 1.807) is 19.2 Å². The van der Waals surface area contributed by atoms with Crippen molar-refractivity contribution in [2.45, 2.75) is 25.8 Å². The molecule has 0 bridgehead atoms. The lowest BCUT2D eigenvalue weighted by atomic mass is 10.0. The van der Waals surface area contributed by atoms with Crippen LogP contribution in [0.25, 0.3) is 6.20 Å². The monoisotopic (exact) mass is 359 g/mol. The van der Waals surface area contributed by atoms with Crippen molar-refractivity contribution >= 4 is 12.2 Å². The first-order valence-corrected chi connectivity index (χ1v) is 8.24. The molecule has 0 spiro atoms. The van der Waals surface area contributed by atoms with E-state index in [0.29, 0.717) is 17.0 Å². The molecule has 0 aliphatic carbocycles. The van der Waals surface area contributed by atoms with Gasteiger partial charge in [0.05, 0.1) is 17.9 Å². The Balaban J connectivity index is 1.79. The number of allylic oxidation sites excluding steroid dienone is 1. The van der Waals surface area contributed by atoms with Crippen LogP contribution in [0.5, 0.6) is 0 Å². The fourth-order valence-corrected chi connectivity index (χ4v) is 3.26. The molecule has 2 heterocycles. The number of halogens is 2. The third-order valence-electron chi connectivity index (χ3n) is 4.57. The third-order valence-corrected chi connectivity index (χ3v) is 4.57. The van der Waals surface area contributed by atoms with Gasteiger partial charge in [0.15, 0.2) is 0 Å². The van der Waals surface area contributed by atoms with Crippen LogP contribution in [-0.2, 0) is 0 Å². The molecule has 1 aliphatic heterocycles. The van der Waals surface area contributed by atoms with Crippen molar-refractivity contribution in [3.63, 3.8) is 0 Å². The van der Waals surface area contributed by atoms with Gasteiger partial charge in [0.25, 0.3) is 0 Å². The number of rotatable bonds is 5. The fraction of sp³-hybridized carbons (Fsp3) is 0.263. The van der Waals surface area contributed by atoms with E-state index in [1.165, 1.54) is 23.0 Å². The molecule has 0 radical (unpaired) electrons. The normalized spacial score (nSPS) is 17.2. The summed E-state index contributed by atoms with van der Waals surface area (Å²) in [7, 11) is 0. The van der Waals surface area contributed by atoms with Gasteiger partial charge in [0.2, 0.25) is 0 Å². The van der Waals surface area contributed by atoms with Gasteiger partial charge >= 0.3 is 5.97 Å². The van der Waals surface area contributed by atoms with Crippen molar-refractivity contribution in [1.82, 2.24) is 14.7 Å². The number of carboxylic acid groups (broad SMARTS) is 1. The van der Waals surface area contributed by atoms with E-state index in [2.05, 4.69) is 11.7 Å². The summed E-state index contributed by atoms with van der Waals surface area (Å²) in [4.78, 5) is 13.1. The minimum Gasteiger partial charge on any atom is -0.478 e. The standard InChI is InChI=1S/C19H19F2N3O2/c1-12(5-7-24-13(2)17(11-22-24)19(25)26)23-6-3-4-18(23)14-8-15(20)10-16(21)9-14/h5,7-11,18H,1,3-4,6H2,2H3,(H,25,26)/b7-5-/t18-/m1/s1. The highest BCUT2D eigenvalue weighted by Crippen LogP contribution is 2.35. The largest absolute Gasteiger partial charge is 0.478 e. The molecule has 3 rings (SSSR count). The van der Waals surface area contributed by atoms with Gasteiger partial charge in [-0.05, 0) is 43.5 Å². The summed E-state index contributed by atoms with van der Waals surface area (Å²) in [6.07, 6.45) is 6.31. The van der Waals surface area contributed by atoms with Gasteiger partial charge in [0.1, 0.15) is 17.2 Å². The maximum atomic E-state index is 13.5. The molecule has 1 N–H and O–H groups in total. The van der Waals surface area contributed by atoms with Gasteiger partial charge in [0, 0.05) is 24.5 Å². The minimum absolute atomic E-state index is 0.134. The Morgan fingerprint density at radius 2 is 2.04 bits per heavy atom. The summed E-state index contributed by atoms with van der Waals surface area (Å²) in [5, 5.41) is 13.1. The first-order valence-electron chi connectivity index (χ1n) is 8.24. The molecule has 1 aromatic heterocycles. The van der Waals surface area contributed by atoms with Crippen LogP contribution in [0.15, 0.2) is 42.7 Å². The highest BCUT2D eigenvalue weighted by atomic mass is 19.1. The van der Waals surface area contributed by atoms with Crippen LogP contribution in [0.2, 0.25) is 0 Å². The van der Waals surface area contributed by atoms with Gasteiger partial charge in [-0.3, -0.25) is 0 Å². The van der Waals surface area contributed by atoms with E-state index in [4.69, 9.17) is 5.11 Å². The van der Waals surface area contributed by atoms with E-state index in [-0.39, 0.29) is 11.6 Å². The highest BCUT2D eigenvalue weighted by molar-refractivity contribution is 5.88. The summed E-state index contributed by atoms with van der Waals surface area (Å²) in [5.41, 5.74) is 1.89. The van der Waals surface area contributed by atoms with E-state index in [1.807, 2.05) is 4.90 Å². The molecule has 1 aliphatic rings. The molecule has 1 aromatic carbocycles. The Morgan fingerprint density at radius 3 is 2.65 bits per heavy atom. The number of nitrogens with zero attached hydrogens (tertiary/aromatic N) is 3. The van der Waals surface area contributed by atoms with Crippen LogP contribution < -0.4 is 0 Å².